The van der Waals surface area contributed by atoms with E-state index in [-0.39, 0.29) is 17.8 Å². The third-order valence-corrected chi connectivity index (χ3v) is 7.82. The molecule has 4 nitrogen and oxygen atoms in total. The van der Waals surface area contributed by atoms with E-state index in [2.05, 4.69) is 13.8 Å². The Balaban J connectivity index is 1.67. The molecule has 34 heavy (non-hydrogen) atoms. The summed E-state index contributed by atoms with van der Waals surface area (Å²) in [5.41, 5.74) is 2.88. The number of carbonyl (C=O) groups is 1. The van der Waals surface area contributed by atoms with Gasteiger partial charge in [-0.3, -0.25) is 4.79 Å². The number of hydrogen-bond donors (Lipinski definition) is 2. The number of benzene rings is 1. The van der Waals surface area contributed by atoms with Crippen molar-refractivity contribution in [1.29, 1.82) is 0 Å². The van der Waals surface area contributed by atoms with Crippen molar-refractivity contribution in [2.75, 3.05) is 0 Å². The van der Waals surface area contributed by atoms with Crippen LogP contribution in [0.25, 0.3) is 0 Å². The second-order valence-electron chi connectivity index (χ2n) is 10.9. The standard InChI is InChI=1S/C30H50O4/c1-5-6-7-8-9-10-11-12-13-14-15-16-17-18-20-30(4)21-19-25-26(22-27(31)32)28(33)23(2)24(3)29(25)34-30/h33H,5-22H2,1-4H3,(H,31,32). The summed E-state index contributed by atoms with van der Waals surface area (Å²) in [4.78, 5) is 11.3. The number of fused-ring (bicyclic) bond motifs is 1. The first-order valence-electron chi connectivity index (χ1n) is 14.0. The molecule has 0 amide bonds. The van der Waals surface area contributed by atoms with Crippen molar-refractivity contribution in [2.24, 2.45) is 0 Å². The Hall–Kier alpha value is -1.71. The molecule has 1 heterocycles. The summed E-state index contributed by atoms with van der Waals surface area (Å²) in [5, 5.41) is 19.8. The minimum Gasteiger partial charge on any atom is -0.507 e. The topological polar surface area (TPSA) is 66.8 Å². The van der Waals surface area contributed by atoms with Gasteiger partial charge in [-0.05, 0) is 57.6 Å². The van der Waals surface area contributed by atoms with Gasteiger partial charge in [-0.2, -0.15) is 0 Å². The summed E-state index contributed by atoms with van der Waals surface area (Å²) in [7, 11) is 0. The quantitative estimate of drug-likeness (QED) is 0.222. The predicted molar refractivity (Wildman–Crippen MR) is 141 cm³/mol. The molecule has 0 radical (unpaired) electrons. The number of aromatic hydroxyl groups is 1. The molecule has 1 aromatic carbocycles. The Morgan fingerprint density at radius 2 is 1.35 bits per heavy atom. The molecule has 1 aliphatic rings. The first-order valence-corrected chi connectivity index (χ1v) is 14.0. The van der Waals surface area contributed by atoms with Gasteiger partial charge in [0, 0.05) is 11.1 Å². The highest BCUT2D eigenvalue weighted by Crippen LogP contribution is 2.45. The number of carboxylic acids is 1. The Labute approximate surface area is 208 Å². The second-order valence-corrected chi connectivity index (χ2v) is 10.9. The zero-order chi connectivity index (χ0) is 25.0. The Morgan fingerprint density at radius 1 is 0.853 bits per heavy atom. The predicted octanol–water partition coefficient (Wildman–Crippen LogP) is 8.59. The molecule has 0 fully saturated rings. The number of ether oxygens (including phenoxy) is 1. The number of rotatable bonds is 17. The van der Waals surface area contributed by atoms with E-state index in [9.17, 15) is 15.0 Å². The molecule has 0 aliphatic carbocycles. The highest BCUT2D eigenvalue weighted by molar-refractivity contribution is 5.74. The summed E-state index contributed by atoms with van der Waals surface area (Å²) < 4.78 is 6.52. The second kappa shape index (κ2) is 14.6. The molecule has 2 N–H and O–H groups in total. The maximum atomic E-state index is 11.3. The van der Waals surface area contributed by atoms with Gasteiger partial charge in [-0.1, -0.05) is 90.4 Å². The van der Waals surface area contributed by atoms with E-state index in [1.165, 1.54) is 89.9 Å². The fourth-order valence-corrected chi connectivity index (χ4v) is 5.38. The van der Waals surface area contributed by atoms with Crippen molar-refractivity contribution in [3.8, 4) is 11.5 Å². The molecule has 0 saturated carbocycles. The minimum atomic E-state index is -0.920. The number of carboxylic acid groups (broad SMARTS) is 1. The number of hydrogen-bond acceptors (Lipinski definition) is 3. The van der Waals surface area contributed by atoms with E-state index in [0.717, 1.165) is 41.7 Å². The summed E-state index contributed by atoms with van der Waals surface area (Å²) in [6.07, 6.45) is 21.5. The zero-order valence-electron chi connectivity index (χ0n) is 22.4. The van der Waals surface area contributed by atoms with Crippen LogP contribution in [-0.2, 0) is 17.6 Å². The monoisotopic (exact) mass is 474 g/mol. The van der Waals surface area contributed by atoms with Crippen LogP contribution in [0.5, 0.6) is 11.5 Å². The maximum Gasteiger partial charge on any atom is 0.307 e. The van der Waals surface area contributed by atoms with Crippen molar-refractivity contribution in [2.45, 2.75) is 149 Å². The lowest BCUT2D eigenvalue weighted by Gasteiger charge is -2.38. The number of unbranched alkanes of at least 4 members (excludes halogenated alkanes) is 13. The van der Waals surface area contributed by atoms with E-state index in [1.54, 1.807) is 0 Å². The van der Waals surface area contributed by atoms with Crippen molar-refractivity contribution in [3.05, 3.63) is 22.3 Å². The maximum absolute atomic E-state index is 11.3. The molecule has 1 atom stereocenters. The molecule has 1 unspecified atom stereocenters. The van der Waals surface area contributed by atoms with Gasteiger partial charge < -0.3 is 14.9 Å². The largest absolute Gasteiger partial charge is 0.507 e. The lowest BCUT2D eigenvalue weighted by molar-refractivity contribution is -0.136. The fraction of sp³-hybridized carbons (Fsp3) is 0.767. The number of phenols is 1. The highest BCUT2D eigenvalue weighted by atomic mass is 16.5. The van der Waals surface area contributed by atoms with E-state index in [1.807, 2.05) is 13.8 Å². The average molecular weight is 475 g/mol. The van der Waals surface area contributed by atoms with Crippen LogP contribution in [0.3, 0.4) is 0 Å². The van der Waals surface area contributed by atoms with Gasteiger partial charge in [0.25, 0.3) is 0 Å². The molecule has 1 aliphatic heterocycles. The van der Waals surface area contributed by atoms with Crippen LogP contribution in [0.4, 0.5) is 0 Å². The third-order valence-electron chi connectivity index (χ3n) is 7.82. The first-order chi connectivity index (χ1) is 16.3. The number of phenolic OH excluding ortho intramolecular Hbond substituents is 1. The lowest BCUT2D eigenvalue weighted by atomic mass is 9.83. The van der Waals surface area contributed by atoms with E-state index in [0.29, 0.717) is 5.56 Å². The lowest BCUT2D eigenvalue weighted by Crippen LogP contribution is -2.37. The molecule has 1 aromatic rings. The van der Waals surface area contributed by atoms with E-state index >= 15 is 0 Å². The van der Waals surface area contributed by atoms with Gasteiger partial charge in [0.2, 0.25) is 0 Å². The fourth-order valence-electron chi connectivity index (χ4n) is 5.38. The summed E-state index contributed by atoms with van der Waals surface area (Å²) in [5.74, 6) is 0.0139. The van der Waals surface area contributed by atoms with Gasteiger partial charge in [0.15, 0.2) is 0 Å². The van der Waals surface area contributed by atoms with Crippen LogP contribution in [-0.4, -0.2) is 21.8 Å². The molecule has 0 saturated heterocycles. The van der Waals surface area contributed by atoms with Crippen molar-refractivity contribution < 1.29 is 19.7 Å². The Bertz CT molecular complexity index is 770. The van der Waals surface area contributed by atoms with Gasteiger partial charge in [0.1, 0.15) is 17.1 Å². The van der Waals surface area contributed by atoms with Crippen LogP contribution in [0.15, 0.2) is 0 Å². The normalized spacial score (nSPS) is 17.4. The molecule has 194 valence electrons. The summed E-state index contributed by atoms with van der Waals surface area (Å²) >= 11 is 0. The van der Waals surface area contributed by atoms with Crippen LogP contribution < -0.4 is 4.74 Å². The van der Waals surface area contributed by atoms with Crippen LogP contribution >= 0.6 is 0 Å². The van der Waals surface area contributed by atoms with Gasteiger partial charge in [0.05, 0.1) is 6.42 Å². The molecule has 0 bridgehead atoms. The summed E-state index contributed by atoms with van der Waals surface area (Å²) in [6, 6.07) is 0. The van der Waals surface area contributed by atoms with Gasteiger partial charge in [-0.15, -0.1) is 0 Å². The molecular formula is C30H50O4. The zero-order valence-corrected chi connectivity index (χ0v) is 22.4. The molecule has 0 aromatic heterocycles. The molecular weight excluding hydrogens is 424 g/mol. The van der Waals surface area contributed by atoms with E-state index in [4.69, 9.17) is 4.74 Å². The summed E-state index contributed by atoms with van der Waals surface area (Å²) in [6.45, 7) is 8.28. The van der Waals surface area contributed by atoms with Crippen LogP contribution in [0, 0.1) is 13.8 Å². The Morgan fingerprint density at radius 3 is 1.85 bits per heavy atom. The van der Waals surface area contributed by atoms with Crippen LogP contribution in [0.1, 0.15) is 139 Å². The van der Waals surface area contributed by atoms with Crippen molar-refractivity contribution in [1.82, 2.24) is 0 Å². The number of aliphatic carboxylic acids is 1. The van der Waals surface area contributed by atoms with Crippen LogP contribution in [0.2, 0.25) is 0 Å². The van der Waals surface area contributed by atoms with E-state index < -0.39 is 5.97 Å². The highest BCUT2D eigenvalue weighted by Gasteiger charge is 2.35. The average Bonchev–Trinajstić information content (AvgIpc) is 2.80. The van der Waals surface area contributed by atoms with Crippen molar-refractivity contribution >= 4 is 5.97 Å². The van der Waals surface area contributed by atoms with Gasteiger partial charge >= 0.3 is 5.97 Å². The third kappa shape index (κ3) is 8.82. The molecule has 2 rings (SSSR count). The van der Waals surface area contributed by atoms with Gasteiger partial charge in [-0.25, -0.2) is 0 Å². The van der Waals surface area contributed by atoms with Crippen molar-refractivity contribution in [3.63, 3.8) is 0 Å². The molecule has 0 spiro atoms. The Kier molecular flexibility index (Phi) is 12.3. The minimum absolute atomic E-state index is 0.123. The smallest absolute Gasteiger partial charge is 0.307 e. The first kappa shape index (κ1) is 28.5. The molecule has 4 heteroatoms. The SMILES string of the molecule is CCCCCCCCCCCCCCCCC1(C)CCc2c(CC(=O)O)c(O)c(C)c(C)c2O1.